The number of hydrogen-bond donors (Lipinski definition) is 1. The van der Waals surface area contributed by atoms with E-state index in [1.807, 2.05) is 24.3 Å². The molecule has 0 radical (unpaired) electrons. The van der Waals surface area contributed by atoms with Crippen molar-refractivity contribution in [1.82, 2.24) is 9.97 Å². The number of Topliss-reactive ketones (excluding diaryl/α,β-unsaturated/α-hetero) is 1. The maximum absolute atomic E-state index is 11.9. The Kier molecular flexibility index (Phi) is 3.57. The highest BCUT2D eigenvalue weighted by atomic mass is 16.1. The summed E-state index contributed by atoms with van der Waals surface area (Å²) < 4.78 is 0. The molecule has 1 heterocycles. The van der Waals surface area contributed by atoms with Crippen LogP contribution in [0.4, 0.5) is 0 Å². The van der Waals surface area contributed by atoms with E-state index in [-0.39, 0.29) is 5.78 Å². The van der Waals surface area contributed by atoms with Crippen LogP contribution >= 0.6 is 0 Å². The second-order valence-electron chi connectivity index (χ2n) is 3.66. The van der Waals surface area contributed by atoms with Crippen LogP contribution in [0.25, 0.3) is 0 Å². The first-order chi connectivity index (χ1) is 8.31. The van der Waals surface area contributed by atoms with Crippen LogP contribution in [-0.4, -0.2) is 15.8 Å². The molecule has 0 spiro atoms. The van der Waals surface area contributed by atoms with E-state index >= 15 is 0 Å². The van der Waals surface area contributed by atoms with E-state index in [0.717, 1.165) is 11.1 Å². The van der Waals surface area contributed by atoms with Crippen molar-refractivity contribution in [2.24, 2.45) is 5.73 Å². The van der Waals surface area contributed by atoms with E-state index in [1.165, 1.54) is 12.4 Å². The van der Waals surface area contributed by atoms with Crippen LogP contribution < -0.4 is 5.73 Å². The number of carbonyl (C=O) groups excluding carboxylic acids is 1. The molecular weight excluding hydrogens is 214 g/mol. The summed E-state index contributed by atoms with van der Waals surface area (Å²) in [6.45, 7) is 0.434. The first kappa shape index (κ1) is 11.4. The van der Waals surface area contributed by atoms with Gasteiger partial charge in [-0.2, -0.15) is 0 Å². The minimum Gasteiger partial charge on any atom is -0.326 e. The van der Waals surface area contributed by atoms with Gasteiger partial charge >= 0.3 is 0 Å². The normalized spacial score (nSPS) is 10.2. The molecule has 4 nitrogen and oxygen atoms in total. The van der Waals surface area contributed by atoms with Crippen LogP contribution in [0.2, 0.25) is 0 Å². The fraction of sp³-hybridized carbons (Fsp3) is 0.154. The Bertz CT molecular complexity index is 511. The summed E-state index contributed by atoms with van der Waals surface area (Å²) in [6, 6.07) is 7.66. The number of carbonyl (C=O) groups is 1. The Labute approximate surface area is 99.5 Å². The average molecular weight is 227 g/mol. The maximum Gasteiger partial charge on any atom is 0.187 e. The summed E-state index contributed by atoms with van der Waals surface area (Å²) in [6.07, 6.45) is 4.85. The molecule has 0 aliphatic carbocycles. The molecule has 17 heavy (non-hydrogen) atoms. The van der Waals surface area contributed by atoms with Gasteiger partial charge in [0.1, 0.15) is 5.69 Å². The van der Waals surface area contributed by atoms with E-state index < -0.39 is 0 Å². The highest BCUT2D eigenvalue weighted by Crippen LogP contribution is 2.10. The van der Waals surface area contributed by atoms with E-state index in [0.29, 0.717) is 18.7 Å². The third kappa shape index (κ3) is 2.73. The Morgan fingerprint density at radius 1 is 1.18 bits per heavy atom. The number of nitrogens with zero attached hydrogens (tertiary/aromatic N) is 2. The Balaban J connectivity index is 2.19. The minimum absolute atomic E-state index is 0.0426. The third-order valence-electron chi connectivity index (χ3n) is 2.54. The first-order valence-corrected chi connectivity index (χ1v) is 5.37. The monoisotopic (exact) mass is 227 g/mol. The molecule has 1 aromatic heterocycles. The van der Waals surface area contributed by atoms with Crippen molar-refractivity contribution in [1.29, 1.82) is 0 Å². The van der Waals surface area contributed by atoms with Crippen molar-refractivity contribution in [3.8, 4) is 0 Å². The van der Waals surface area contributed by atoms with Crippen LogP contribution in [0.3, 0.4) is 0 Å². The van der Waals surface area contributed by atoms with Gasteiger partial charge in [0, 0.05) is 25.4 Å². The molecule has 0 saturated carbocycles. The molecular formula is C13H13N3O. The summed E-state index contributed by atoms with van der Waals surface area (Å²) in [5.74, 6) is -0.0426. The van der Waals surface area contributed by atoms with E-state index in [2.05, 4.69) is 9.97 Å². The molecule has 0 saturated heterocycles. The van der Waals surface area contributed by atoms with Gasteiger partial charge in [0.05, 0.1) is 6.20 Å². The summed E-state index contributed by atoms with van der Waals surface area (Å²) in [5, 5.41) is 0. The summed E-state index contributed by atoms with van der Waals surface area (Å²) in [7, 11) is 0. The number of hydrogen-bond acceptors (Lipinski definition) is 4. The molecule has 86 valence electrons. The van der Waals surface area contributed by atoms with Crippen molar-refractivity contribution in [2.45, 2.75) is 13.0 Å². The summed E-state index contributed by atoms with van der Waals surface area (Å²) in [4.78, 5) is 19.8. The average Bonchev–Trinajstić information content (AvgIpc) is 2.40. The lowest BCUT2D eigenvalue weighted by atomic mass is 10.0. The second kappa shape index (κ2) is 5.32. The lowest BCUT2D eigenvalue weighted by Crippen LogP contribution is -2.09. The van der Waals surface area contributed by atoms with Crippen molar-refractivity contribution in [3.05, 3.63) is 59.7 Å². The summed E-state index contributed by atoms with van der Waals surface area (Å²) in [5.41, 5.74) is 7.95. The third-order valence-corrected chi connectivity index (χ3v) is 2.54. The summed E-state index contributed by atoms with van der Waals surface area (Å²) >= 11 is 0. The SMILES string of the molecule is NCc1ccccc1CC(=O)c1cnccn1. The molecule has 0 aliphatic heterocycles. The van der Waals surface area contributed by atoms with Crippen LogP contribution in [0.15, 0.2) is 42.9 Å². The predicted octanol–water partition coefficient (Wildman–Crippen LogP) is 1.36. The van der Waals surface area contributed by atoms with Gasteiger partial charge in [-0.15, -0.1) is 0 Å². The van der Waals surface area contributed by atoms with Gasteiger partial charge in [0.25, 0.3) is 0 Å². The van der Waals surface area contributed by atoms with Crippen LogP contribution in [-0.2, 0) is 13.0 Å². The van der Waals surface area contributed by atoms with E-state index in [1.54, 1.807) is 6.20 Å². The highest BCUT2D eigenvalue weighted by molar-refractivity contribution is 5.95. The lowest BCUT2D eigenvalue weighted by molar-refractivity contribution is 0.0987. The zero-order valence-electron chi connectivity index (χ0n) is 9.34. The molecule has 2 rings (SSSR count). The molecule has 0 bridgehead atoms. The van der Waals surface area contributed by atoms with E-state index in [9.17, 15) is 4.79 Å². The van der Waals surface area contributed by atoms with Crippen molar-refractivity contribution < 1.29 is 4.79 Å². The fourth-order valence-electron chi connectivity index (χ4n) is 1.64. The van der Waals surface area contributed by atoms with Gasteiger partial charge in [0.2, 0.25) is 0 Å². The maximum atomic E-state index is 11.9. The number of nitrogens with two attached hydrogens (primary N) is 1. The molecule has 0 aliphatic rings. The minimum atomic E-state index is -0.0426. The molecule has 0 unspecified atom stereocenters. The van der Waals surface area contributed by atoms with Crippen molar-refractivity contribution in [2.75, 3.05) is 0 Å². The Morgan fingerprint density at radius 2 is 1.94 bits per heavy atom. The molecule has 0 amide bonds. The molecule has 1 aromatic carbocycles. The van der Waals surface area contributed by atoms with Gasteiger partial charge in [-0.25, -0.2) is 4.98 Å². The van der Waals surface area contributed by atoms with Gasteiger partial charge < -0.3 is 5.73 Å². The lowest BCUT2D eigenvalue weighted by Gasteiger charge is -2.06. The van der Waals surface area contributed by atoms with Gasteiger partial charge in [-0.3, -0.25) is 9.78 Å². The topological polar surface area (TPSA) is 68.9 Å². The van der Waals surface area contributed by atoms with Gasteiger partial charge in [-0.05, 0) is 11.1 Å². The van der Waals surface area contributed by atoms with Crippen LogP contribution in [0.1, 0.15) is 21.6 Å². The number of ketones is 1. The number of benzene rings is 1. The molecule has 0 fully saturated rings. The zero-order valence-corrected chi connectivity index (χ0v) is 9.34. The largest absolute Gasteiger partial charge is 0.326 e. The van der Waals surface area contributed by atoms with Crippen LogP contribution in [0, 0.1) is 0 Å². The zero-order chi connectivity index (χ0) is 12.1. The smallest absolute Gasteiger partial charge is 0.187 e. The van der Waals surface area contributed by atoms with Gasteiger partial charge in [-0.1, -0.05) is 24.3 Å². The fourth-order valence-corrected chi connectivity index (χ4v) is 1.64. The van der Waals surface area contributed by atoms with Crippen LogP contribution in [0.5, 0.6) is 0 Å². The first-order valence-electron chi connectivity index (χ1n) is 5.37. The molecule has 2 N–H and O–H groups in total. The highest BCUT2D eigenvalue weighted by Gasteiger charge is 2.10. The van der Waals surface area contributed by atoms with E-state index in [4.69, 9.17) is 5.73 Å². The Hall–Kier alpha value is -2.07. The standard InChI is InChI=1S/C13H13N3O/c14-8-11-4-2-1-3-10(11)7-13(17)12-9-15-5-6-16-12/h1-6,9H,7-8,14H2. The quantitative estimate of drug-likeness (QED) is 0.801. The molecule has 2 aromatic rings. The molecule has 4 heteroatoms. The number of aromatic nitrogens is 2. The van der Waals surface area contributed by atoms with Gasteiger partial charge in [0.15, 0.2) is 5.78 Å². The molecule has 0 atom stereocenters. The predicted molar refractivity (Wildman–Crippen MR) is 64.4 cm³/mol. The van der Waals surface area contributed by atoms with Crippen molar-refractivity contribution >= 4 is 5.78 Å². The number of rotatable bonds is 4. The Morgan fingerprint density at radius 3 is 2.59 bits per heavy atom. The second-order valence-corrected chi connectivity index (χ2v) is 3.66. The van der Waals surface area contributed by atoms with Crippen molar-refractivity contribution in [3.63, 3.8) is 0 Å².